The molecule has 0 fully saturated rings. The highest BCUT2D eigenvalue weighted by Gasteiger charge is 2.10. The number of pyridine rings is 1. The molecule has 0 saturated carbocycles. The summed E-state index contributed by atoms with van der Waals surface area (Å²) in [7, 11) is 0. The molecular formula is C16H15ClN2O2. The van der Waals surface area contributed by atoms with Crippen molar-refractivity contribution < 1.29 is 9.59 Å². The predicted molar refractivity (Wildman–Crippen MR) is 82.6 cm³/mol. The van der Waals surface area contributed by atoms with Gasteiger partial charge in [0.25, 0.3) is 5.91 Å². The van der Waals surface area contributed by atoms with E-state index in [9.17, 15) is 9.59 Å². The van der Waals surface area contributed by atoms with Crippen LogP contribution in [0.3, 0.4) is 0 Å². The first-order valence-electron chi connectivity index (χ1n) is 6.65. The van der Waals surface area contributed by atoms with Crippen molar-refractivity contribution >= 4 is 29.5 Å². The van der Waals surface area contributed by atoms with Crippen LogP contribution in [0.1, 0.15) is 28.8 Å². The van der Waals surface area contributed by atoms with Crippen LogP contribution in [-0.4, -0.2) is 17.2 Å². The van der Waals surface area contributed by atoms with Crippen molar-refractivity contribution in [3.8, 4) is 0 Å². The van der Waals surface area contributed by atoms with Crippen molar-refractivity contribution in [2.24, 2.45) is 0 Å². The van der Waals surface area contributed by atoms with Gasteiger partial charge in [-0.2, -0.15) is 0 Å². The Hall–Kier alpha value is -2.20. The molecule has 0 atom stereocenters. The highest BCUT2D eigenvalue weighted by molar-refractivity contribution is 6.33. The van der Waals surface area contributed by atoms with E-state index in [0.717, 1.165) is 24.7 Å². The number of carbonyl (C=O) groups is 2. The van der Waals surface area contributed by atoms with Gasteiger partial charge in [0.15, 0.2) is 0 Å². The fourth-order valence-electron chi connectivity index (χ4n) is 1.90. The zero-order chi connectivity index (χ0) is 15.1. The summed E-state index contributed by atoms with van der Waals surface area (Å²) in [6, 6.07) is 10.8. The minimum absolute atomic E-state index is 0.181. The SMILES string of the molecule is O=CCCCc1ccc(NC(=O)c2cccnc2Cl)cc1. The molecule has 0 radical (unpaired) electrons. The monoisotopic (exact) mass is 302 g/mol. The van der Waals surface area contributed by atoms with Crippen LogP contribution < -0.4 is 5.32 Å². The number of hydrogen-bond acceptors (Lipinski definition) is 3. The number of hydrogen-bond donors (Lipinski definition) is 1. The standard InChI is InChI=1S/C16H15ClN2O2/c17-15-14(5-3-10-18-15)16(21)19-13-8-6-12(7-9-13)4-1-2-11-20/h3,5-11H,1-2,4H2,(H,19,21). The maximum Gasteiger partial charge on any atom is 0.258 e. The van der Waals surface area contributed by atoms with Crippen molar-refractivity contribution in [2.75, 3.05) is 5.32 Å². The topological polar surface area (TPSA) is 59.1 Å². The van der Waals surface area contributed by atoms with Gasteiger partial charge in [-0.1, -0.05) is 23.7 Å². The Labute approximate surface area is 128 Å². The van der Waals surface area contributed by atoms with Gasteiger partial charge in [-0.05, 0) is 42.7 Å². The molecule has 0 aliphatic carbocycles. The van der Waals surface area contributed by atoms with Crippen LogP contribution in [0.2, 0.25) is 5.15 Å². The van der Waals surface area contributed by atoms with E-state index in [-0.39, 0.29) is 11.1 Å². The van der Waals surface area contributed by atoms with Gasteiger partial charge in [0, 0.05) is 18.3 Å². The zero-order valence-electron chi connectivity index (χ0n) is 11.4. The lowest BCUT2D eigenvalue weighted by Crippen LogP contribution is -2.12. The van der Waals surface area contributed by atoms with E-state index >= 15 is 0 Å². The molecule has 1 amide bonds. The maximum absolute atomic E-state index is 12.1. The zero-order valence-corrected chi connectivity index (χ0v) is 12.1. The summed E-state index contributed by atoms with van der Waals surface area (Å²) < 4.78 is 0. The average molecular weight is 303 g/mol. The van der Waals surface area contributed by atoms with Crippen LogP contribution in [-0.2, 0) is 11.2 Å². The number of amides is 1. The number of aromatic nitrogens is 1. The van der Waals surface area contributed by atoms with E-state index in [0.29, 0.717) is 17.7 Å². The lowest BCUT2D eigenvalue weighted by molar-refractivity contribution is -0.107. The number of benzene rings is 1. The van der Waals surface area contributed by atoms with Crippen LogP contribution in [0.25, 0.3) is 0 Å². The molecule has 0 saturated heterocycles. The molecule has 1 aromatic carbocycles. The van der Waals surface area contributed by atoms with E-state index in [2.05, 4.69) is 10.3 Å². The Kier molecular flexibility index (Phi) is 5.46. The summed E-state index contributed by atoms with van der Waals surface area (Å²) in [6.07, 6.45) is 4.71. The molecule has 108 valence electrons. The summed E-state index contributed by atoms with van der Waals surface area (Å²) >= 11 is 5.88. The Morgan fingerprint density at radius 2 is 2.00 bits per heavy atom. The van der Waals surface area contributed by atoms with Gasteiger partial charge in [-0.15, -0.1) is 0 Å². The Bertz CT molecular complexity index is 626. The number of anilines is 1. The summed E-state index contributed by atoms with van der Waals surface area (Å²) in [4.78, 5) is 26.2. The number of nitrogens with one attached hydrogen (secondary N) is 1. The second-order valence-corrected chi connectivity index (χ2v) is 4.91. The van der Waals surface area contributed by atoms with Crippen LogP contribution in [0.4, 0.5) is 5.69 Å². The molecule has 0 aliphatic rings. The fourth-order valence-corrected chi connectivity index (χ4v) is 2.10. The van der Waals surface area contributed by atoms with Gasteiger partial charge in [0.2, 0.25) is 0 Å². The fraction of sp³-hybridized carbons (Fsp3) is 0.188. The minimum atomic E-state index is -0.290. The van der Waals surface area contributed by atoms with Gasteiger partial charge in [-0.25, -0.2) is 4.98 Å². The van der Waals surface area contributed by atoms with Gasteiger partial charge < -0.3 is 10.1 Å². The lowest BCUT2D eigenvalue weighted by atomic mass is 10.1. The molecule has 2 rings (SSSR count). The van der Waals surface area contributed by atoms with Crippen LogP contribution in [0.5, 0.6) is 0 Å². The van der Waals surface area contributed by atoms with Gasteiger partial charge in [-0.3, -0.25) is 4.79 Å². The second-order valence-electron chi connectivity index (χ2n) is 4.55. The molecule has 1 aromatic heterocycles. The molecule has 21 heavy (non-hydrogen) atoms. The molecule has 0 unspecified atom stereocenters. The normalized spacial score (nSPS) is 10.1. The van der Waals surface area contributed by atoms with E-state index in [1.165, 1.54) is 6.20 Å². The molecule has 0 aliphatic heterocycles. The van der Waals surface area contributed by atoms with Gasteiger partial charge >= 0.3 is 0 Å². The van der Waals surface area contributed by atoms with Gasteiger partial charge in [0.05, 0.1) is 5.56 Å². The minimum Gasteiger partial charge on any atom is -0.322 e. The first-order valence-corrected chi connectivity index (χ1v) is 7.03. The van der Waals surface area contributed by atoms with Crippen molar-refractivity contribution in [2.45, 2.75) is 19.3 Å². The molecule has 0 spiro atoms. The molecular weight excluding hydrogens is 288 g/mol. The Balaban J connectivity index is 1.98. The summed E-state index contributed by atoms with van der Waals surface area (Å²) in [5.41, 5.74) is 2.17. The number of unbranched alkanes of at least 4 members (excludes halogenated alkanes) is 1. The van der Waals surface area contributed by atoms with Crippen molar-refractivity contribution in [1.82, 2.24) is 4.98 Å². The third-order valence-electron chi connectivity index (χ3n) is 3.00. The molecule has 0 bridgehead atoms. The van der Waals surface area contributed by atoms with Crippen molar-refractivity contribution in [1.29, 1.82) is 0 Å². The van der Waals surface area contributed by atoms with Crippen LogP contribution in [0, 0.1) is 0 Å². The first-order chi connectivity index (χ1) is 10.2. The second kappa shape index (κ2) is 7.55. The molecule has 2 aromatic rings. The molecule has 1 N–H and O–H groups in total. The highest BCUT2D eigenvalue weighted by Crippen LogP contribution is 2.16. The van der Waals surface area contributed by atoms with Crippen LogP contribution >= 0.6 is 11.6 Å². The Morgan fingerprint density at radius 1 is 1.24 bits per heavy atom. The molecule has 4 nitrogen and oxygen atoms in total. The number of carbonyl (C=O) groups excluding carboxylic acids is 2. The highest BCUT2D eigenvalue weighted by atomic mass is 35.5. The van der Waals surface area contributed by atoms with Crippen molar-refractivity contribution in [3.05, 3.63) is 58.9 Å². The maximum atomic E-state index is 12.1. The van der Waals surface area contributed by atoms with E-state index in [1.54, 1.807) is 12.1 Å². The predicted octanol–water partition coefficient (Wildman–Crippen LogP) is 3.51. The number of nitrogens with zero attached hydrogens (tertiary/aromatic N) is 1. The van der Waals surface area contributed by atoms with Crippen LogP contribution in [0.15, 0.2) is 42.6 Å². The van der Waals surface area contributed by atoms with Crippen molar-refractivity contribution in [3.63, 3.8) is 0 Å². The number of rotatable bonds is 6. The number of aryl methyl sites for hydroxylation is 1. The third kappa shape index (κ3) is 4.39. The largest absolute Gasteiger partial charge is 0.322 e. The van der Waals surface area contributed by atoms with E-state index in [1.807, 2.05) is 24.3 Å². The lowest BCUT2D eigenvalue weighted by Gasteiger charge is -2.07. The van der Waals surface area contributed by atoms with Gasteiger partial charge in [0.1, 0.15) is 11.4 Å². The first kappa shape index (κ1) is 15.2. The van der Waals surface area contributed by atoms with E-state index in [4.69, 9.17) is 11.6 Å². The quantitative estimate of drug-likeness (QED) is 0.504. The summed E-state index contributed by atoms with van der Waals surface area (Å²) in [5, 5.41) is 2.95. The average Bonchev–Trinajstić information content (AvgIpc) is 2.49. The number of halogens is 1. The molecule has 1 heterocycles. The third-order valence-corrected chi connectivity index (χ3v) is 3.30. The molecule has 5 heteroatoms. The smallest absolute Gasteiger partial charge is 0.258 e. The van der Waals surface area contributed by atoms with E-state index < -0.39 is 0 Å². The Morgan fingerprint density at radius 3 is 2.67 bits per heavy atom. The summed E-state index contributed by atoms with van der Waals surface area (Å²) in [5.74, 6) is -0.290. The number of aldehydes is 1. The summed E-state index contributed by atoms with van der Waals surface area (Å²) in [6.45, 7) is 0.